The molecule has 0 bridgehead atoms. The van der Waals surface area contributed by atoms with E-state index in [1.54, 1.807) is 0 Å². The van der Waals surface area contributed by atoms with Gasteiger partial charge in [0.15, 0.2) is 5.15 Å². The lowest BCUT2D eigenvalue weighted by atomic mass is 10.2. The molecule has 80 valence electrons. The monoisotopic (exact) mass is 244 g/mol. The molecule has 1 fully saturated rings. The van der Waals surface area contributed by atoms with E-state index in [2.05, 4.69) is 4.98 Å². The highest BCUT2D eigenvalue weighted by Gasteiger charge is 2.17. The minimum atomic E-state index is 0.151. The van der Waals surface area contributed by atoms with E-state index in [9.17, 15) is 0 Å². The topological polar surface area (TPSA) is 55.1 Å². The third-order valence-electron chi connectivity index (χ3n) is 2.08. The summed E-state index contributed by atoms with van der Waals surface area (Å²) in [5, 5.41) is 9.32. The first kappa shape index (κ1) is 10.7. The van der Waals surface area contributed by atoms with Gasteiger partial charge in [-0.1, -0.05) is 22.9 Å². The molecule has 1 saturated heterocycles. The van der Waals surface area contributed by atoms with Crippen LogP contribution in [-0.4, -0.2) is 24.3 Å². The Morgan fingerprint density at radius 1 is 1.73 bits per heavy atom. The van der Waals surface area contributed by atoms with Crippen LogP contribution in [0.15, 0.2) is 0 Å². The summed E-state index contributed by atoms with van der Waals surface area (Å²) in [5.74, 6) is 0. The Bertz CT molecular complexity index is 382. The minimum Gasteiger partial charge on any atom is -0.467 e. The van der Waals surface area contributed by atoms with E-state index in [-0.39, 0.29) is 11.3 Å². The van der Waals surface area contributed by atoms with Crippen molar-refractivity contribution in [1.29, 1.82) is 5.26 Å². The number of nitriles is 1. The van der Waals surface area contributed by atoms with Crippen molar-refractivity contribution in [2.24, 2.45) is 0 Å². The van der Waals surface area contributed by atoms with Crippen LogP contribution >= 0.6 is 22.9 Å². The molecular formula is C9H9ClN2O2S. The first-order chi connectivity index (χ1) is 7.29. The number of halogens is 1. The Kier molecular flexibility index (Phi) is 3.41. The highest BCUT2D eigenvalue weighted by Crippen LogP contribution is 2.28. The van der Waals surface area contributed by atoms with Gasteiger partial charge in [-0.05, 0) is 12.8 Å². The van der Waals surface area contributed by atoms with Crippen molar-refractivity contribution in [3.05, 3.63) is 10.0 Å². The average molecular weight is 245 g/mol. The fourth-order valence-corrected chi connectivity index (χ4v) is 2.25. The maximum absolute atomic E-state index is 8.67. The molecule has 0 aliphatic carbocycles. The van der Waals surface area contributed by atoms with E-state index >= 15 is 0 Å². The van der Waals surface area contributed by atoms with E-state index in [0.29, 0.717) is 16.7 Å². The lowest BCUT2D eigenvalue weighted by Gasteiger charge is -2.08. The summed E-state index contributed by atoms with van der Waals surface area (Å²) < 4.78 is 10.8. The first-order valence-electron chi connectivity index (χ1n) is 4.60. The summed E-state index contributed by atoms with van der Waals surface area (Å²) in [6.45, 7) is 1.28. The molecule has 1 aromatic heterocycles. The van der Waals surface area contributed by atoms with E-state index < -0.39 is 0 Å². The lowest BCUT2D eigenvalue weighted by molar-refractivity contribution is 0.0678. The number of aromatic nitrogens is 1. The zero-order chi connectivity index (χ0) is 10.7. The second-order valence-electron chi connectivity index (χ2n) is 3.16. The van der Waals surface area contributed by atoms with E-state index in [1.807, 2.05) is 6.07 Å². The molecule has 0 aromatic carbocycles. The van der Waals surface area contributed by atoms with Crippen molar-refractivity contribution < 1.29 is 9.47 Å². The van der Waals surface area contributed by atoms with Crippen LogP contribution in [0.4, 0.5) is 0 Å². The van der Waals surface area contributed by atoms with Crippen LogP contribution in [0.1, 0.15) is 17.7 Å². The number of hydrogen-bond donors (Lipinski definition) is 0. The molecule has 0 N–H and O–H groups in total. The van der Waals surface area contributed by atoms with Crippen molar-refractivity contribution in [3.63, 3.8) is 0 Å². The average Bonchev–Trinajstić information content (AvgIpc) is 2.83. The number of nitrogens with zero attached hydrogens (tertiary/aromatic N) is 2. The highest BCUT2D eigenvalue weighted by atomic mass is 35.5. The third-order valence-corrected chi connectivity index (χ3v) is 3.34. The fourth-order valence-electron chi connectivity index (χ4n) is 1.35. The number of ether oxygens (including phenoxy) is 2. The van der Waals surface area contributed by atoms with E-state index in [4.69, 9.17) is 26.3 Å². The molecule has 2 rings (SSSR count). The molecule has 0 spiro atoms. The summed E-state index contributed by atoms with van der Waals surface area (Å²) in [7, 11) is 0. The second-order valence-corrected chi connectivity index (χ2v) is 4.48. The van der Waals surface area contributed by atoms with Gasteiger partial charge in [0.1, 0.15) is 17.6 Å². The van der Waals surface area contributed by atoms with Crippen LogP contribution in [0.25, 0.3) is 0 Å². The number of rotatable bonds is 3. The number of hydrogen-bond acceptors (Lipinski definition) is 5. The van der Waals surface area contributed by atoms with Gasteiger partial charge in [-0.25, -0.2) is 0 Å². The molecule has 1 aliphatic rings. The largest absolute Gasteiger partial charge is 0.467 e. The maximum Gasteiger partial charge on any atom is 0.276 e. The van der Waals surface area contributed by atoms with Crippen molar-refractivity contribution in [2.45, 2.75) is 18.9 Å². The molecule has 15 heavy (non-hydrogen) atoms. The molecular weight excluding hydrogens is 236 g/mol. The molecule has 6 heteroatoms. The van der Waals surface area contributed by atoms with Gasteiger partial charge in [0.2, 0.25) is 0 Å². The van der Waals surface area contributed by atoms with Gasteiger partial charge in [-0.3, -0.25) is 0 Å². The maximum atomic E-state index is 8.67. The van der Waals surface area contributed by atoms with E-state index in [0.717, 1.165) is 30.8 Å². The minimum absolute atomic E-state index is 0.151. The third kappa shape index (κ3) is 2.59. The molecule has 0 amide bonds. The van der Waals surface area contributed by atoms with Crippen LogP contribution < -0.4 is 4.74 Å². The Labute approximate surface area is 96.4 Å². The Balaban J connectivity index is 1.90. The summed E-state index contributed by atoms with van der Waals surface area (Å²) >= 11 is 6.87. The predicted octanol–water partition coefficient (Wildman–Crippen LogP) is 2.23. The fraction of sp³-hybridized carbons (Fsp3) is 0.556. The normalized spacial score (nSPS) is 20.1. The van der Waals surface area contributed by atoms with Crippen LogP contribution in [-0.2, 0) is 4.74 Å². The molecule has 0 radical (unpaired) electrons. The van der Waals surface area contributed by atoms with Crippen molar-refractivity contribution in [2.75, 3.05) is 13.2 Å². The van der Waals surface area contributed by atoms with E-state index in [1.165, 1.54) is 0 Å². The molecule has 1 atom stereocenters. The van der Waals surface area contributed by atoms with Crippen molar-refractivity contribution >= 4 is 22.9 Å². The van der Waals surface area contributed by atoms with Gasteiger partial charge in [0.05, 0.1) is 6.10 Å². The second kappa shape index (κ2) is 4.79. The predicted molar refractivity (Wildman–Crippen MR) is 56.3 cm³/mol. The number of thiazole rings is 1. The van der Waals surface area contributed by atoms with Crippen molar-refractivity contribution in [1.82, 2.24) is 4.98 Å². The molecule has 1 aromatic rings. The van der Waals surface area contributed by atoms with Gasteiger partial charge in [-0.2, -0.15) is 10.2 Å². The van der Waals surface area contributed by atoms with Crippen LogP contribution in [0.5, 0.6) is 5.19 Å². The zero-order valence-electron chi connectivity index (χ0n) is 7.90. The molecule has 0 saturated carbocycles. The SMILES string of the molecule is N#Cc1sc(OCC2CCCO2)nc1Cl. The van der Waals surface area contributed by atoms with Gasteiger partial charge >= 0.3 is 0 Å². The Morgan fingerprint density at radius 3 is 3.20 bits per heavy atom. The summed E-state index contributed by atoms with van der Waals surface area (Å²) in [5.41, 5.74) is 0. The smallest absolute Gasteiger partial charge is 0.276 e. The standard InChI is InChI=1S/C9H9ClN2O2S/c10-8-7(4-11)15-9(12-8)14-5-6-2-1-3-13-6/h6H,1-3,5H2. The quantitative estimate of drug-likeness (QED) is 0.818. The summed E-state index contributed by atoms with van der Waals surface area (Å²) in [6, 6.07) is 1.96. The van der Waals surface area contributed by atoms with Gasteiger partial charge in [-0.15, -0.1) is 0 Å². The van der Waals surface area contributed by atoms with Gasteiger partial charge in [0.25, 0.3) is 5.19 Å². The Hall–Kier alpha value is -0.830. The van der Waals surface area contributed by atoms with Crippen LogP contribution in [0, 0.1) is 11.3 Å². The Morgan fingerprint density at radius 2 is 2.60 bits per heavy atom. The molecule has 4 nitrogen and oxygen atoms in total. The zero-order valence-corrected chi connectivity index (χ0v) is 9.48. The van der Waals surface area contributed by atoms with Crippen LogP contribution in [0.2, 0.25) is 5.15 Å². The summed E-state index contributed by atoms with van der Waals surface area (Å²) in [4.78, 5) is 4.31. The van der Waals surface area contributed by atoms with Gasteiger partial charge in [0, 0.05) is 6.61 Å². The highest BCUT2D eigenvalue weighted by molar-refractivity contribution is 7.14. The van der Waals surface area contributed by atoms with Crippen LogP contribution in [0.3, 0.4) is 0 Å². The summed E-state index contributed by atoms with van der Waals surface area (Å²) in [6.07, 6.45) is 2.25. The van der Waals surface area contributed by atoms with Gasteiger partial charge < -0.3 is 9.47 Å². The van der Waals surface area contributed by atoms with Crippen molar-refractivity contribution in [3.8, 4) is 11.3 Å². The molecule has 1 aliphatic heterocycles. The molecule has 2 heterocycles. The molecule has 1 unspecified atom stereocenters. The lowest BCUT2D eigenvalue weighted by Crippen LogP contribution is -2.16. The first-order valence-corrected chi connectivity index (χ1v) is 5.80.